The van der Waals surface area contributed by atoms with Gasteiger partial charge in [0.2, 0.25) is 0 Å². The first kappa shape index (κ1) is 46.4. The number of aliphatic hydroxyl groups excluding tert-OH is 3. The molecule has 0 fully saturated rings. The maximum atomic E-state index is 10.9. The molecule has 0 aliphatic rings. The van der Waals surface area contributed by atoms with Crippen molar-refractivity contribution < 1.29 is 53.1 Å². The molecule has 1 atom stereocenters. The average molecular weight is 747 g/mol. The summed E-state index contributed by atoms with van der Waals surface area (Å²) in [7, 11) is -10.1. The van der Waals surface area contributed by atoms with Gasteiger partial charge in [0.1, 0.15) is 11.9 Å². The summed E-state index contributed by atoms with van der Waals surface area (Å²) in [6, 6.07) is 9.01. The van der Waals surface area contributed by atoms with E-state index in [0.29, 0.717) is 0 Å². The van der Waals surface area contributed by atoms with E-state index in [2.05, 4.69) is 126 Å². The monoisotopic (exact) mass is 746 g/mol. The molecule has 0 aromatic heterocycles. The molecule has 0 saturated carbocycles. The molecule has 0 bridgehead atoms. The molecule has 288 valence electrons. The van der Waals surface area contributed by atoms with Crippen molar-refractivity contribution >= 4 is 15.6 Å². The van der Waals surface area contributed by atoms with Gasteiger partial charge in [-0.25, -0.2) is 9.13 Å². The molecule has 2 rings (SSSR count). The van der Waals surface area contributed by atoms with Gasteiger partial charge in [-0.2, -0.15) is 4.31 Å². The Hall–Kier alpha value is -1.62. The van der Waals surface area contributed by atoms with Crippen molar-refractivity contribution in [3.63, 3.8) is 0 Å². The van der Waals surface area contributed by atoms with Gasteiger partial charge >= 0.3 is 15.6 Å². The lowest BCUT2D eigenvalue weighted by molar-refractivity contribution is -0.0761. The van der Waals surface area contributed by atoms with Crippen LogP contribution in [0, 0.1) is 5.41 Å². The molecule has 50 heavy (non-hydrogen) atoms. The van der Waals surface area contributed by atoms with Crippen LogP contribution in [-0.4, -0.2) is 54.7 Å². The third-order valence-corrected chi connectivity index (χ3v) is 10.4. The minimum Gasteiger partial charge on any atom is -0.484 e. The normalized spacial score (nSPS) is 14.3. The van der Waals surface area contributed by atoms with Gasteiger partial charge in [0.25, 0.3) is 0 Å². The Labute approximate surface area is 300 Å². The van der Waals surface area contributed by atoms with Gasteiger partial charge in [0.05, 0.1) is 25.2 Å². The number of hydrogen-bond acceptors (Lipinski definition) is 7. The first-order valence-corrected chi connectivity index (χ1v) is 20.0. The van der Waals surface area contributed by atoms with E-state index < -0.39 is 47.0 Å². The van der Waals surface area contributed by atoms with Gasteiger partial charge in [-0.05, 0) is 56.8 Å². The van der Waals surface area contributed by atoms with Crippen LogP contribution in [0.5, 0.6) is 5.75 Å². The Kier molecular flexibility index (Phi) is 15.4. The van der Waals surface area contributed by atoms with E-state index in [1.54, 1.807) is 0 Å². The minimum absolute atomic E-state index is 0.225. The third kappa shape index (κ3) is 12.5. The average Bonchev–Trinajstić information content (AvgIpc) is 2.93. The highest BCUT2D eigenvalue weighted by molar-refractivity contribution is 7.60. The second-order valence-corrected chi connectivity index (χ2v) is 19.8. The molecule has 2 aromatic rings. The molecule has 0 spiro atoms. The Morgan fingerprint density at radius 1 is 0.560 bits per heavy atom. The minimum atomic E-state index is -5.05. The molecule has 0 heterocycles. The molecule has 13 heteroatoms. The first-order chi connectivity index (χ1) is 22.3. The highest BCUT2D eigenvalue weighted by Crippen LogP contribution is 2.54. The molecule has 0 aliphatic carbocycles. The first-order valence-electron chi connectivity index (χ1n) is 17.0. The van der Waals surface area contributed by atoms with Gasteiger partial charge in [-0.15, -0.1) is 0 Å². The van der Waals surface area contributed by atoms with Crippen LogP contribution in [0.4, 0.5) is 0 Å². The van der Waals surface area contributed by atoms with Crippen molar-refractivity contribution in [3.8, 4) is 5.75 Å². The SMILES string of the molecule is CCc1cc(C(C)(C)C)c(OC(c2c(C(C)(C)C)cc(CC)cc2C(C)(C)C)C(CO)(CO)CO)c(C(C)(C)C)c1.O=P(O)(O)OP(=O)(O)O. The topological polar surface area (TPSA) is 194 Å². The van der Waals surface area contributed by atoms with E-state index in [4.69, 9.17) is 24.3 Å². The van der Waals surface area contributed by atoms with Gasteiger partial charge in [0, 0.05) is 16.7 Å². The van der Waals surface area contributed by atoms with Gasteiger partial charge in [-0.3, -0.25) is 0 Å². The lowest BCUT2D eigenvalue weighted by Crippen LogP contribution is -2.45. The fourth-order valence-corrected chi connectivity index (χ4v) is 6.83. The van der Waals surface area contributed by atoms with Crippen LogP contribution in [0.2, 0.25) is 0 Å². The zero-order valence-electron chi connectivity index (χ0n) is 32.6. The molecular formula is C37H64O11P2. The summed E-state index contributed by atoms with van der Waals surface area (Å²) in [6.45, 7) is 29.5. The number of aryl methyl sites for hydroxylation is 2. The highest BCUT2D eigenvalue weighted by Gasteiger charge is 2.46. The van der Waals surface area contributed by atoms with E-state index >= 15 is 0 Å². The molecule has 0 saturated heterocycles. The number of phosphoric acid groups is 2. The summed E-state index contributed by atoms with van der Waals surface area (Å²) in [5.41, 5.74) is 5.60. The number of benzene rings is 2. The lowest BCUT2D eigenvalue weighted by atomic mass is 9.68. The standard InChI is InChI=1S/C37H60O4.H4O7P2/c1-15-24-17-26(33(3,4)5)30(27(18-24)34(6,7)8)32(37(21-38,22-39)23-40)41-31-28(35(9,10)11)19-25(16-2)20-29(31)36(12,13)14;1-8(2,3)7-9(4,5)6/h17-20,32,38-40H,15-16,21-23H2,1-14H3;(H2,1,2,3)(H2,4,5,6). The van der Waals surface area contributed by atoms with Crippen LogP contribution in [0.25, 0.3) is 0 Å². The van der Waals surface area contributed by atoms with Gasteiger partial charge < -0.3 is 39.6 Å². The molecular weight excluding hydrogens is 682 g/mol. The molecule has 2 aromatic carbocycles. The lowest BCUT2D eigenvalue weighted by Gasteiger charge is -2.43. The van der Waals surface area contributed by atoms with Gasteiger partial charge in [0.15, 0.2) is 0 Å². The van der Waals surface area contributed by atoms with Crippen molar-refractivity contribution in [2.45, 2.75) is 138 Å². The second kappa shape index (κ2) is 16.6. The molecule has 11 nitrogen and oxygen atoms in total. The van der Waals surface area contributed by atoms with E-state index in [9.17, 15) is 24.4 Å². The fraction of sp³-hybridized carbons (Fsp3) is 0.676. The van der Waals surface area contributed by atoms with Crippen LogP contribution >= 0.6 is 15.6 Å². The summed E-state index contributed by atoms with van der Waals surface area (Å²) < 4.78 is 29.5. The van der Waals surface area contributed by atoms with Crippen LogP contribution in [0.1, 0.15) is 142 Å². The number of rotatable bonds is 11. The summed E-state index contributed by atoms with van der Waals surface area (Å²) in [5, 5.41) is 32.7. The van der Waals surface area contributed by atoms with Crippen LogP contribution in [-0.2, 0) is 47.9 Å². The molecule has 1 unspecified atom stereocenters. The number of hydrogen-bond donors (Lipinski definition) is 7. The predicted octanol–water partition coefficient (Wildman–Crippen LogP) is 7.27. The summed E-state index contributed by atoms with van der Waals surface area (Å²) in [4.78, 5) is 31.0. The zero-order chi connectivity index (χ0) is 39.5. The van der Waals surface area contributed by atoms with Crippen molar-refractivity contribution in [2.75, 3.05) is 19.8 Å². The summed E-state index contributed by atoms with van der Waals surface area (Å²) in [5.74, 6) is 0.784. The summed E-state index contributed by atoms with van der Waals surface area (Å²) in [6.07, 6.45) is 1.00. The van der Waals surface area contributed by atoms with Crippen molar-refractivity contribution in [1.29, 1.82) is 0 Å². The highest BCUT2D eigenvalue weighted by atomic mass is 31.3. The van der Waals surface area contributed by atoms with E-state index in [1.807, 2.05) is 0 Å². The molecule has 0 radical (unpaired) electrons. The van der Waals surface area contributed by atoms with Crippen LogP contribution in [0.3, 0.4) is 0 Å². The van der Waals surface area contributed by atoms with E-state index in [1.165, 1.54) is 11.1 Å². The van der Waals surface area contributed by atoms with Crippen molar-refractivity contribution in [3.05, 3.63) is 63.2 Å². The Morgan fingerprint density at radius 2 is 0.840 bits per heavy atom. The fourth-order valence-electron chi connectivity index (χ4n) is 5.72. The van der Waals surface area contributed by atoms with Crippen molar-refractivity contribution in [2.24, 2.45) is 5.41 Å². The summed E-state index contributed by atoms with van der Waals surface area (Å²) >= 11 is 0. The number of ether oxygens (including phenoxy) is 1. The van der Waals surface area contributed by atoms with E-state index in [0.717, 1.165) is 46.4 Å². The van der Waals surface area contributed by atoms with Crippen LogP contribution < -0.4 is 4.74 Å². The molecule has 0 amide bonds. The smallest absolute Gasteiger partial charge is 0.478 e. The zero-order valence-corrected chi connectivity index (χ0v) is 34.4. The van der Waals surface area contributed by atoms with Gasteiger partial charge in [-0.1, -0.05) is 121 Å². The second-order valence-electron chi connectivity index (χ2n) is 17.2. The number of aliphatic hydroxyl groups is 3. The predicted molar refractivity (Wildman–Crippen MR) is 199 cm³/mol. The Bertz CT molecular complexity index is 1430. The maximum Gasteiger partial charge on any atom is 0.478 e. The molecule has 0 aliphatic heterocycles. The third-order valence-electron chi connectivity index (χ3n) is 8.65. The molecule has 7 N–H and O–H groups in total. The quantitative estimate of drug-likeness (QED) is 0.114. The Balaban J connectivity index is 0.00000122. The largest absolute Gasteiger partial charge is 0.484 e. The Morgan fingerprint density at radius 3 is 1.04 bits per heavy atom. The maximum absolute atomic E-state index is 10.9. The van der Waals surface area contributed by atoms with E-state index in [-0.39, 0.29) is 21.7 Å². The van der Waals surface area contributed by atoms with Crippen LogP contribution in [0.15, 0.2) is 24.3 Å². The van der Waals surface area contributed by atoms with Crippen molar-refractivity contribution in [1.82, 2.24) is 0 Å².